The zero-order valence-corrected chi connectivity index (χ0v) is 8.62. The molecule has 0 aromatic carbocycles. The van der Waals surface area contributed by atoms with E-state index in [0.717, 1.165) is 18.4 Å². The van der Waals surface area contributed by atoms with Crippen LogP contribution in [0.1, 0.15) is 6.92 Å². The molecule has 3 nitrogen and oxygen atoms in total. The molecule has 2 aliphatic rings. The minimum Gasteiger partial charge on any atom is -0.380 e. The van der Waals surface area contributed by atoms with Gasteiger partial charge in [0.2, 0.25) is 0 Å². The van der Waals surface area contributed by atoms with Gasteiger partial charge in [-0.2, -0.15) is 0 Å². The molecular formula is C10H20N2O. The molecule has 0 bridgehead atoms. The first-order valence-corrected chi connectivity index (χ1v) is 5.25. The molecule has 1 unspecified atom stereocenters. The van der Waals surface area contributed by atoms with Gasteiger partial charge in [0.15, 0.2) is 0 Å². The van der Waals surface area contributed by atoms with Gasteiger partial charge in [-0.3, -0.25) is 0 Å². The highest BCUT2D eigenvalue weighted by atomic mass is 16.5. The number of likely N-dealkylation sites (tertiary alicyclic amines) is 1. The standard InChI is InChI=1S/C10H20N2O/c1-8(13-2)5-12-6-9-3-11-4-10(9)7-12/h8-11H,3-7H2,1-2H3/t8?,9-,10+. The smallest absolute Gasteiger partial charge is 0.0670 e. The topological polar surface area (TPSA) is 24.5 Å². The van der Waals surface area contributed by atoms with Gasteiger partial charge in [-0.15, -0.1) is 0 Å². The first-order valence-electron chi connectivity index (χ1n) is 5.25. The van der Waals surface area contributed by atoms with Gasteiger partial charge in [0.05, 0.1) is 6.10 Å². The van der Waals surface area contributed by atoms with Gasteiger partial charge in [0, 0.05) is 26.7 Å². The quantitative estimate of drug-likeness (QED) is 0.677. The number of methoxy groups -OCH3 is 1. The Labute approximate surface area is 80.4 Å². The summed E-state index contributed by atoms with van der Waals surface area (Å²) in [5.74, 6) is 1.81. The lowest BCUT2D eigenvalue weighted by Gasteiger charge is -2.20. The third-order valence-electron chi connectivity index (χ3n) is 3.38. The fourth-order valence-corrected chi connectivity index (χ4v) is 2.54. The van der Waals surface area contributed by atoms with Crippen molar-refractivity contribution in [3.05, 3.63) is 0 Å². The van der Waals surface area contributed by atoms with Crippen LogP contribution >= 0.6 is 0 Å². The van der Waals surface area contributed by atoms with Crippen molar-refractivity contribution < 1.29 is 4.74 Å². The average molecular weight is 184 g/mol. The summed E-state index contributed by atoms with van der Waals surface area (Å²) in [5, 5.41) is 3.45. The van der Waals surface area contributed by atoms with Crippen molar-refractivity contribution in [2.75, 3.05) is 39.8 Å². The number of nitrogens with one attached hydrogen (secondary N) is 1. The summed E-state index contributed by atoms with van der Waals surface area (Å²) in [7, 11) is 1.79. The van der Waals surface area contributed by atoms with Gasteiger partial charge < -0.3 is 15.0 Å². The molecule has 76 valence electrons. The highest BCUT2D eigenvalue weighted by molar-refractivity contribution is 4.91. The van der Waals surface area contributed by atoms with E-state index in [1.54, 1.807) is 7.11 Å². The Hall–Kier alpha value is -0.120. The fraction of sp³-hybridized carbons (Fsp3) is 1.00. The second-order valence-corrected chi connectivity index (χ2v) is 4.44. The number of fused-ring (bicyclic) bond motifs is 1. The van der Waals surface area contributed by atoms with Crippen molar-refractivity contribution in [2.45, 2.75) is 13.0 Å². The van der Waals surface area contributed by atoms with Gasteiger partial charge in [0.25, 0.3) is 0 Å². The fourth-order valence-electron chi connectivity index (χ4n) is 2.54. The van der Waals surface area contributed by atoms with E-state index >= 15 is 0 Å². The Balaban J connectivity index is 1.78. The maximum absolute atomic E-state index is 5.28. The van der Waals surface area contributed by atoms with Crippen LogP contribution in [0.3, 0.4) is 0 Å². The molecule has 3 atom stereocenters. The van der Waals surface area contributed by atoms with Crippen molar-refractivity contribution in [1.82, 2.24) is 10.2 Å². The SMILES string of the molecule is COC(C)CN1C[C@H]2CNC[C@H]2C1. The van der Waals surface area contributed by atoms with Crippen LogP contribution in [-0.2, 0) is 4.74 Å². The zero-order valence-electron chi connectivity index (χ0n) is 8.62. The molecule has 2 heterocycles. The van der Waals surface area contributed by atoms with Gasteiger partial charge in [-0.05, 0) is 31.8 Å². The Morgan fingerprint density at radius 3 is 2.54 bits per heavy atom. The van der Waals surface area contributed by atoms with Crippen LogP contribution in [0.25, 0.3) is 0 Å². The molecule has 13 heavy (non-hydrogen) atoms. The lowest BCUT2D eigenvalue weighted by atomic mass is 10.0. The largest absolute Gasteiger partial charge is 0.380 e. The molecule has 0 aromatic rings. The Morgan fingerprint density at radius 1 is 1.38 bits per heavy atom. The van der Waals surface area contributed by atoms with E-state index in [1.807, 2.05) is 0 Å². The predicted octanol–water partition coefficient (Wildman–Crippen LogP) is 0.173. The molecule has 3 heteroatoms. The maximum atomic E-state index is 5.28. The Bertz CT molecular complexity index is 160. The molecule has 0 saturated carbocycles. The molecule has 2 saturated heterocycles. The molecular weight excluding hydrogens is 164 g/mol. The average Bonchev–Trinajstić information content (AvgIpc) is 2.63. The first kappa shape index (κ1) is 9.44. The van der Waals surface area contributed by atoms with Crippen LogP contribution < -0.4 is 5.32 Å². The molecule has 2 aliphatic heterocycles. The maximum Gasteiger partial charge on any atom is 0.0670 e. The van der Waals surface area contributed by atoms with Crippen LogP contribution in [0.2, 0.25) is 0 Å². The lowest BCUT2D eigenvalue weighted by Crippen LogP contribution is -2.32. The highest BCUT2D eigenvalue weighted by Crippen LogP contribution is 2.26. The summed E-state index contributed by atoms with van der Waals surface area (Å²) in [6, 6.07) is 0. The monoisotopic (exact) mass is 184 g/mol. The van der Waals surface area contributed by atoms with Crippen LogP contribution in [0.5, 0.6) is 0 Å². The molecule has 0 aromatic heterocycles. The summed E-state index contributed by atoms with van der Waals surface area (Å²) < 4.78 is 5.28. The highest BCUT2D eigenvalue weighted by Gasteiger charge is 2.36. The van der Waals surface area contributed by atoms with Crippen LogP contribution in [0, 0.1) is 11.8 Å². The Kier molecular flexibility index (Phi) is 2.86. The van der Waals surface area contributed by atoms with Crippen molar-refractivity contribution in [3.8, 4) is 0 Å². The molecule has 0 radical (unpaired) electrons. The zero-order chi connectivity index (χ0) is 9.26. The molecule has 2 fully saturated rings. The summed E-state index contributed by atoms with van der Waals surface area (Å²) >= 11 is 0. The minimum atomic E-state index is 0.381. The van der Waals surface area contributed by atoms with Gasteiger partial charge in [0.1, 0.15) is 0 Å². The van der Waals surface area contributed by atoms with Crippen LogP contribution in [0.15, 0.2) is 0 Å². The van der Waals surface area contributed by atoms with E-state index in [1.165, 1.54) is 26.2 Å². The Morgan fingerprint density at radius 2 is 2.00 bits per heavy atom. The van der Waals surface area contributed by atoms with E-state index in [4.69, 9.17) is 4.74 Å². The summed E-state index contributed by atoms with van der Waals surface area (Å²) in [6.45, 7) is 8.23. The predicted molar refractivity (Wildman–Crippen MR) is 52.8 cm³/mol. The van der Waals surface area contributed by atoms with E-state index in [9.17, 15) is 0 Å². The number of hydrogen-bond acceptors (Lipinski definition) is 3. The van der Waals surface area contributed by atoms with Crippen LogP contribution in [-0.4, -0.2) is 50.8 Å². The lowest BCUT2D eigenvalue weighted by molar-refractivity contribution is 0.0828. The molecule has 0 amide bonds. The van der Waals surface area contributed by atoms with Crippen molar-refractivity contribution >= 4 is 0 Å². The second kappa shape index (κ2) is 3.95. The van der Waals surface area contributed by atoms with Crippen molar-refractivity contribution in [2.24, 2.45) is 11.8 Å². The molecule has 1 N–H and O–H groups in total. The molecule has 2 rings (SSSR count). The number of hydrogen-bond donors (Lipinski definition) is 1. The van der Waals surface area contributed by atoms with Gasteiger partial charge in [-0.25, -0.2) is 0 Å². The molecule has 0 aliphatic carbocycles. The number of rotatable bonds is 3. The first-order chi connectivity index (χ1) is 6.29. The normalized spacial score (nSPS) is 36.5. The van der Waals surface area contributed by atoms with E-state index in [-0.39, 0.29) is 0 Å². The summed E-state index contributed by atoms with van der Waals surface area (Å²) in [4.78, 5) is 2.55. The van der Waals surface area contributed by atoms with Crippen LogP contribution in [0.4, 0.5) is 0 Å². The van der Waals surface area contributed by atoms with Crippen molar-refractivity contribution in [3.63, 3.8) is 0 Å². The van der Waals surface area contributed by atoms with Gasteiger partial charge in [-0.1, -0.05) is 0 Å². The third kappa shape index (κ3) is 2.03. The minimum absolute atomic E-state index is 0.381. The van der Waals surface area contributed by atoms with E-state index in [2.05, 4.69) is 17.1 Å². The molecule has 0 spiro atoms. The summed E-state index contributed by atoms with van der Waals surface area (Å²) in [6.07, 6.45) is 0.381. The second-order valence-electron chi connectivity index (χ2n) is 4.44. The van der Waals surface area contributed by atoms with E-state index < -0.39 is 0 Å². The number of nitrogens with zero attached hydrogens (tertiary/aromatic N) is 1. The summed E-state index contributed by atoms with van der Waals surface area (Å²) in [5.41, 5.74) is 0. The van der Waals surface area contributed by atoms with E-state index in [0.29, 0.717) is 6.10 Å². The van der Waals surface area contributed by atoms with Gasteiger partial charge >= 0.3 is 0 Å². The van der Waals surface area contributed by atoms with Crippen molar-refractivity contribution in [1.29, 1.82) is 0 Å². The third-order valence-corrected chi connectivity index (χ3v) is 3.38. The number of ether oxygens (including phenoxy) is 1.